The molecule has 0 saturated heterocycles. The molecule has 0 spiro atoms. The number of fused-ring (bicyclic) bond motifs is 1. The van der Waals surface area contributed by atoms with E-state index in [1.165, 1.54) is 13.8 Å². The van der Waals surface area contributed by atoms with Crippen LogP contribution in [-0.4, -0.2) is 41.8 Å². The Bertz CT molecular complexity index is 943. The molecule has 0 fully saturated rings. The van der Waals surface area contributed by atoms with E-state index in [9.17, 15) is 14.4 Å². The minimum Gasteiger partial charge on any atom is -0.486 e. The lowest BCUT2D eigenvalue weighted by atomic mass is 10.0. The minimum atomic E-state index is -0.971. The maximum atomic E-state index is 12.7. The minimum absolute atomic E-state index is 0.00962. The molecule has 1 aromatic carbocycles. The van der Waals surface area contributed by atoms with Crippen LogP contribution in [0.1, 0.15) is 51.5 Å². The molecule has 0 radical (unpaired) electrons. The van der Waals surface area contributed by atoms with Gasteiger partial charge in [-0.25, -0.2) is 0 Å². The van der Waals surface area contributed by atoms with Gasteiger partial charge in [0.2, 0.25) is 5.78 Å². The second-order valence-corrected chi connectivity index (χ2v) is 6.83. The van der Waals surface area contributed by atoms with Crippen molar-refractivity contribution in [2.45, 2.75) is 40.2 Å². The largest absolute Gasteiger partial charge is 0.486 e. The average molecular weight is 385 g/mol. The van der Waals surface area contributed by atoms with E-state index in [-0.39, 0.29) is 18.0 Å². The summed E-state index contributed by atoms with van der Waals surface area (Å²) in [7, 11) is 0. The molecule has 0 amide bonds. The van der Waals surface area contributed by atoms with E-state index in [4.69, 9.17) is 14.2 Å². The molecular weight excluding hydrogens is 362 g/mol. The fourth-order valence-corrected chi connectivity index (χ4v) is 3.38. The molecule has 1 aliphatic rings. The first-order valence-electron chi connectivity index (χ1n) is 9.10. The molecule has 0 bridgehead atoms. The Balaban J connectivity index is 1.66. The number of H-pyrrole nitrogens is 1. The number of benzene rings is 1. The number of aryl methyl sites for hydroxylation is 1. The van der Waals surface area contributed by atoms with E-state index in [0.717, 1.165) is 0 Å². The van der Waals surface area contributed by atoms with E-state index >= 15 is 0 Å². The van der Waals surface area contributed by atoms with Crippen molar-refractivity contribution in [3.05, 3.63) is 46.3 Å². The Labute approximate surface area is 163 Å². The third-order valence-electron chi connectivity index (χ3n) is 4.67. The molecule has 1 aliphatic heterocycles. The van der Waals surface area contributed by atoms with Crippen LogP contribution in [0.5, 0.6) is 11.5 Å². The summed E-state index contributed by atoms with van der Waals surface area (Å²) in [5, 5.41) is 0. The maximum absolute atomic E-state index is 12.7. The molecule has 0 saturated carbocycles. The Morgan fingerprint density at radius 1 is 1.14 bits per heavy atom. The molecular formula is C21H23NO6. The lowest BCUT2D eigenvalue weighted by Crippen LogP contribution is -2.26. The molecule has 7 heteroatoms. The van der Waals surface area contributed by atoms with Crippen LogP contribution in [-0.2, 0) is 16.0 Å². The van der Waals surface area contributed by atoms with Crippen molar-refractivity contribution in [2.75, 3.05) is 13.2 Å². The highest BCUT2D eigenvalue weighted by Gasteiger charge is 2.26. The number of carbonyl (C=O) groups is 3. The highest BCUT2D eigenvalue weighted by Crippen LogP contribution is 2.31. The molecule has 2 heterocycles. The maximum Gasteiger partial charge on any atom is 0.310 e. The van der Waals surface area contributed by atoms with Crippen molar-refractivity contribution in [1.82, 2.24) is 4.98 Å². The van der Waals surface area contributed by atoms with Crippen molar-refractivity contribution < 1.29 is 28.6 Å². The van der Waals surface area contributed by atoms with Crippen LogP contribution in [0.2, 0.25) is 0 Å². The van der Waals surface area contributed by atoms with Gasteiger partial charge in [0.25, 0.3) is 0 Å². The lowest BCUT2D eigenvalue weighted by molar-refractivity contribution is -0.145. The number of hydrogen-bond donors (Lipinski definition) is 1. The molecule has 2 aromatic rings. The van der Waals surface area contributed by atoms with Gasteiger partial charge in [0.15, 0.2) is 23.4 Å². The number of rotatable bonds is 6. The summed E-state index contributed by atoms with van der Waals surface area (Å²) < 4.78 is 16.3. The van der Waals surface area contributed by atoms with Crippen molar-refractivity contribution in [2.24, 2.45) is 0 Å². The van der Waals surface area contributed by atoms with E-state index in [2.05, 4.69) is 4.98 Å². The first-order chi connectivity index (χ1) is 13.3. The van der Waals surface area contributed by atoms with Crippen LogP contribution in [0.15, 0.2) is 18.2 Å². The topological polar surface area (TPSA) is 94.7 Å². The van der Waals surface area contributed by atoms with Gasteiger partial charge in [-0.1, -0.05) is 6.07 Å². The molecule has 0 aliphatic carbocycles. The van der Waals surface area contributed by atoms with Crippen molar-refractivity contribution in [3.8, 4) is 11.5 Å². The summed E-state index contributed by atoms with van der Waals surface area (Å²) in [6.45, 7) is 7.37. The number of ether oxygens (including phenoxy) is 3. The second kappa shape index (κ2) is 7.88. The monoisotopic (exact) mass is 385 g/mol. The fourth-order valence-electron chi connectivity index (χ4n) is 3.38. The Morgan fingerprint density at radius 3 is 2.46 bits per heavy atom. The average Bonchev–Trinajstić information content (AvgIpc) is 2.95. The molecule has 7 nitrogen and oxygen atoms in total. The van der Waals surface area contributed by atoms with Gasteiger partial charge >= 0.3 is 5.97 Å². The predicted octanol–water partition coefficient (Wildman–Crippen LogP) is 2.96. The quantitative estimate of drug-likeness (QED) is 0.607. The molecule has 28 heavy (non-hydrogen) atoms. The van der Waals surface area contributed by atoms with Crippen LogP contribution < -0.4 is 9.47 Å². The van der Waals surface area contributed by atoms with Crippen molar-refractivity contribution in [3.63, 3.8) is 0 Å². The number of esters is 1. The number of ketones is 2. The first-order valence-corrected chi connectivity index (χ1v) is 9.10. The van der Waals surface area contributed by atoms with E-state index in [0.29, 0.717) is 52.8 Å². The zero-order valence-corrected chi connectivity index (χ0v) is 16.4. The molecule has 1 N–H and O–H groups in total. The smallest absolute Gasteiger partial charge is 0.310 e. The van der Waals surface area contributed by atoms with Crippen LogP contribution in [0.4, 0.5) is 0 Å². The lowest BCUT2D eigenvalue weighted by Gasteiger charge is -2.19. The summed E-state index contributed by atoms with van der Waals surface area (Å²) >= 11 is 0. The molecule has 1 atom stereocenters. The summed E-state index contributed by atoms with van der Waals surface area (Å²) in [6, 6.07) is 5.25. The Kier molecular flexibility index (Phi) is 5.53. The summed E-state index contributed by atoms with van der Waals surface area (Å²) in [4.78, 5) is 39.6. The van der Waals surface area contributed by atoms with Gasteiger partial charge < -0.3 is 19.2 Å². The van der Waals surface area contributed by atoms with E-state index < -0.39 is 12.1 Å². The SMILES string of the molecule is CC(=O)c1c(C)[nH]c(C(=O)[C@@H](C)OC(=O)Cc2ccc3c(c2)OCCO3)c1C. The standard InChI is InChI=1S/C21H23NO6/c1-11-19(13(3)23)12(2)22-20(11)21(25)14(4)28-18(24)10-15-5-6-16-17(9-15)27-8-7-26-16/h5-6,9,14,22H,7-8,10H2,1-4H3/t14-/m1/s1. The van der Waals surface area contributed by atoms with Gasteiger partial charge in [0, 0.05) is 11.3 Å². The van der Waals surface area contributed by atoms with Crippen LogP contribution in [0, 0.1) is 13.8 Å². The second-order valence-electron chi connectivity index (χ2n) is 6.83. The summed E-state index contributed by atoms with van der Waals surface area (Å²) in [6.07, 6.45) is -0.961. The normalized spacial score (nSPS) is 13.7. The summed E-state index contributed by atoms with van der Waals surface area (Å²) in [5.41, 5.74) is 2.70. The van der Waals surface area contributed by atoms with Gasteiger partial charge in [-0.05, 0) is 51.0 Å². The number of aromatic nitrogens is 1. The highest BCUT2D eigenvalue weighted by molar-refractivity contribution is 6.05. The molecule has 1 aromatic heterocycles. The number of aromatic amines is 1. The van der Waals surface area contributed by atoms with E-state index in [1.54, 1.807) is 32.0 Å². The number of nitrogens with one attached hydrogen (secondary N) is 1. The zero-order valence-electron chi connectivity index (χ0n) is 16.4. The third-order valence-corrected chi connectivity index (χ3v) is 4.67. The summed E-state index contributed by atoms with van der Waals surface area (Å²) in [5.74, 6) is 0.225. The molecule has 3 rings (SSSR count). The van der Waals surface area contributed by atoms with Crippen LogP contribution in [0.3, 0.4) is 0 Å². The molecule has 0 unspecified atom stereocenters. The predicted molar refractivity (Wildman–Crippen MR) is 101 cm³/mol. The van der Waals surface area contributed by atoms with Gasteiger partial charge in [0.05, 0.1) is 12.1 Å². The molecule has 148 valence electrons. The van der Waals surface area contributed by atoms with Crippen molar-refractivity contribution in [1.29, 1.82) is 0 Å². The van der Waals surface area contributed by atoms with E-state index in [1.807, 2.05) is 0 Å². The van der Waals surface area contributed by atoms with Crippen LogP contribution in [0.25, 0.3) is 0 Å². The number of Topliss-reactive ketones (excluding diaryl/α,β-unsaturated/α-hetero) is 2. The fraction of sp³-hybridized carbons (Fsp3) is 0.381. The highest BCUT2D eigenvalue weighted by atomic mass is 16.6. The number of hydrogen-bond acceptors (Lipinski definition) is 6. The number of carbonyl (C=O) groups excluding carboxylic acids is 3. The van der Waals surface area contributed by atoms with Gasteiger partial charge in [-0.15, -0.1) is 0 Å². The van der Waals surface area contributed by atoms with Crippen LogP contribution >= 0.6 is 0 Å². The van der Waals surface area contributed by atoms with Gasteiger partial charge in [0.1, 0.15) is 13.2 Å². The first kappa shape index (κ1) is 19.7. The van der Waals surface area contributed by atoms with Gasteiger partial charge in [-0.2, -0.15) is 0 Å². The Hall–Kier alpha value is -3.09. The third kappa shape index (κ3) is 3.93. The van der Waals surface area contributed by atoms with Gasteiger partial charge in [-0.3, -0.25) is 14.4 Å². The van der Waals surface area contributed by atoms with Crippen molar-refractivity contribution >= 4 is 17.5 Å². The zero-order chi connectivity index (χ0) is 20.4. The Morgan fingerprint density at radius 2 is 1.82 bits per heavy atom.